The average Bonchev–Trinajstić information content (AvgIpc) is 3.51. The fourth-order valence-corrected chi connectivity index (χ4v) is 4.70. The Balaban J connectivity index is 1.69. The first-order valence-electron chi connectivity index (χ1n) is 9.69. The van der Waals surface area contributed by atoms with E-state index in [4.69, 9.17) is 13.6 Å². The molecular weight excluding hydrogens is 432 g/mol. The topological polar surface area (TPSA) is 103 Å². The maximum absolute atomic E-state index is 13.4. The van der Waals surface area contributed by atoms with Gasteiger partial charge in [0.05, 0.1) is 22.9 Å². The van der Waals surface area contributed by atoms with Crippen molar-refractivity contribution < 1.29 is 23.2 Å². The first kappa shape index (κ1) is 20.0. The van der Waals surface area contributed by atoms with Gasteiger partial charge in [-0.15, -0.1) is 0 Å². The smallest absolute Gasteiger partial charge is 0.350 e. The van der Waals surface area contributed by atoms with Crippen LogP contribution in [0.15, 0.2) is 68.9 Å². The molecular formula is C23H16N2O6S. The number of thiazole rings is 1. The quantitative estimate of drug-likeness (QED) is 0.332. The normalized spacial score (nSPS) is 15.2. The Morgan fingerprint density at radius 1 is 1.28 bits per heavy atom. The van der Waals surface area contributed by atoms with Crippen LogP contribution in [0.1, 0.15) is 43.3 Å². The number of amides is 1. The van der Waals surface area contributed by atoms with Gasteiger partial charge in [0.25, 0.3) is 5.91 Å². The number of furan rings is 1. The molecule has 1 aliphatic rings. The van der Waals surface area contributed by atoms with E-state index in [1.54, 1.807) is 43.3 Å². The Morgan fingerprint density at radius 3 is 2.84 bits per heavy atom. The molecule has 0 spiro atoms. The molecule has 3 aromatic heterocycles. The van der Waals surface area contributed by atoms with Gasteiger partial charge in [0, 0.05) is 0 Å². The molecule has 0 N–H and O–H groups in total. The van der Waals surface area contributed by atoms with E-state index in [2.05, 4.69) is 11.6 Å². The fourth-order valence-electron chi connectivity index (χ4n) is 3.71. The minimum absolute atomic E-state index is 0.0552. The van der Waals surface area contributed by atoms with Gasteiger partial charge in [-0.05, 0) is 31.2 Å². The van der Waals surface area contributed by atoms with Crippen LogP contribution in [0.2, 0.25) is 0 Å². The van der Waals surface area contributed by atoms with E-state index in [1.807, 2.05) is 0 Å². The van der Waals surface area contributed by atoms with Crippen molar-refractivity contribution in [3.63, 3.8) is 0 Å². The standard InChI is InChI=1S/C23H16N2O6S/c1-3-10-30-22(28)20-12(2)24-23(32-20)25-17(15-9-6-11-29-15)16-18(26)13-7-4-5-8-14(13)31-19(16)21(25)27/h3-9,11,17H,1,10H2,2H3. The van der Waals surface area contributed by atoms with Crippen molar-refractivity contribution in [1.82, 2.24) is 4.98 Å². The van der Waals surface area contributed by atoms with Crippen LogP contribution in [0, 0.1) is 6.92 Å². The second kappa shape index (κ2) is 7.61. The van der Waals surface area contributed by atoms with Crippen LogP contribution in [0.25, 0.3) is 11.0 Å². The molecule has 9 heteroatoms. The van der Waals surface area contributed by atoms with Crippen LogP contribution in [0.5, 0.6) is 0 Å². The van der Waals surface area contributed by atoms with E-state index in [0.717, 1.165) is 11.3 Å². The summed E-state index contributed by atoms with van der Waals surface area (Å²) >= 11 is 1.00. The van der Waals surface area contributed by atoms with Crippen molar-refractivity contribution in [3.05, 3.63) is 93.2 Å². The first-order valence-corrected chi connectivity index (χ1v) is 10.5. The van der Waals surface area contributed by atoms with Gasteiger partial charge >= 0.3 is 5.97 Å². The van der Waals surface area contributed by atoms with Crippen LogP contribution in [0.4, 0.5) is 5.13 Å². The number of aromatic nitrogens is 1. The van der Waals surface area contributed by atoms with Gasteiger partial charge in [0.15, 0.2) is 10.6 Å². The maximum atomic E-state index is 13.4. The molecule has 4 aromatic rings. The Labute approximate surface area is 185 Å². The molecule has 1 amide bonds. The highest BCUT2D eigenvalue weighted by Gasteiger charge is 2.46. The molecule has 1 unspecified atom stereocenters. The summed E-state index contributed by atoms with van der Waals surface area (Å²) in [5, 5.41) is 0.593. The van der Waals surface area contributed by atoms with Gasteiger partial charge < -0.3 is 13.6 Å². The Bertz CT molecular complexity index is 1430. The van der Waals surface area contributed by atoms with Crippen LogP contribution in [-0.4, -0.2) is 23.5 Å². The molecule has 0 bridgehead atoms. The van der Waals surface area contributed by atoms with Gasteiger partial charge in [-0.25, -0.2) is 9.78 Å². The highest BCUT2D eigenvalue weighted by Crippen LogP contribution is 2.43. The minimum atomic E-state index is -0.879. The summed E-state index contributed by atoms with van der Waals surface area (Å²) in [7, 11) is 0. The number of fused-ring (bicyclic) bond motifs is 2. The van der Waals surface area contributed by atoms with Crippen molar-refractivity contribution in [2.45, 2.75) is 13.0 Å². The monoisotopic (exact) mass is 448 g/mol. The Kier molecular flexibility index (Phi) is 4.75. The lowest BCUT2D eigenvalue weighted by atomic mass is 10.0. The lowest BCUT2D eigenvalue weighted by Gasteiger charge is -2.20. The zero-order valence-electron chi connectivity index (χ0n) is 16.9. The second-order valence-electron chi connectivity index (χ2n) is 7.06. The second-order valence-corrected chi connectivity index (χ2v) is 8.04. The predicted molar refractivity (Wildman–Crippen MR) is 117 cm³/mol. The lowest BCUT2D eigenvalue weighted by molar-refractivity contribution is 0.0554. The van der Waals surface area contributed by atoms with Crippen molar-refractivity contribution in [3.8, 4) is 0 Å². The van der Waals surface area contributed by atoms with E-state index in [1.165, 1.54) is 17.2 Å². The summed E-state index contributed by atoms with van der Waals surface area (Å²) in [6, 6.07) is 9.21. The molecule has 1 atom stereocenters. The molecule has 0 saturated carbocycles. The van der Waals surface area contributed by atoms with Crippen LogP contribution >= 0.6 is 11.3 Å². The third-order valence-corrected chi connectivity index (χ3v) is 6.24. The number of nitrogens with zero attached hydrogens (tertiary/aromatic N) is 2. The van der Waals surface area contributed by atoms with Gasteiger partial charge in [0.2, 0.25) is 5.76 Å². The highest BCUT2D eigenvalue weighted by atomic mass is 32.1. The third-order valence-electron chi connectivity index (χ3n) is 5.10. The molecule has 4 heterocycles. The molecule has 1 aliphatic heterocycles. The SMILES string of the molecule is C=CCOC(=O)c1sc(N2C(=O)c3oc4ccccc4c(=O)c3C2c2ccco2)nc1C. The van der Waals surface area contributed by atoms with E-state index in [-0.39, 0.29) is 33.4 Å². The summed E-state index contributed by atoms with van der Waals surface area (Å²) in [5.74, 6) is -0.795. The van der Waals surface area contributed by atoms with E-state index in [0.29, 0.717) is 22.4 Å². The maximum Gasteiger partial charge on any atom is 0.350 e. The van der Waals surface area contributed by atoms with E-state index in [9.17, 15) is 14.4 Å². The molecule has 0 fully saturated rings. The number of ether oxygens (including phenoxy) is 1. The van der Waals surface area contributed by atoms with Crippen molar-refractivity contribution >= 4 is 39.3 Å². The predicted octanol–water partition coefficient (Wildman–Crippen LogP) is 4.24. The molecule has 160 valence electrons. The number of hydrogen-bond donors (Lipinski definition) is 0. The lowest BCUT2D eigenvalue weighted by Crippen LogP contribution is -2.29. The van der Waals surface area contributed by atoms with Crippen molar-refractivity contribution in [1.29, 1.82) is 0 Å². The number of para-hydroxylation sites is 1. The van der Waals surface area contributed by atoms with Crippen molar-refractivity contribution in [2.75, 3.05) is 11.5 Å². The van der Waals surface area contributed by atoms with Crippen LogP contribution in [-0.2, 0) is 4.74 Å². The van der Waals surface area contributed by atoms with Gasteiger partial charge in [-0.2, -0.15) is 0 Å². The fraction of sp³-hybridized carbons (Fsp3) is 0.130. The van der Waals surface area contributed by atoms with Crippen LogP contribution < -0.4 is 10.3 Å². The summed E-state index contributed by atoms with van der Waals surface area (Å²) in [5.41, 5.74) is 0.574. The molecule has 5 rings (SSSR count). The first-order chi connectivity index (χ1) is 15.5. The molecule has 1 aromatic carbocycles. The zero-order valence-corrected chi connectivity index (χ0v) is 17.7. The van der Waals surface area contributed by atoms with Crippen LogP contribution in [0.3, 0.4) is 0 Å². The number of carbonyl (C=O) groups is 2. The summed E-state index contributed by atoms with van der Waals surface area (Å²) in [4.78, 5) is 45.2. The average molecular weight is 448 g/mol. The van der Waals surface area contributed by atoms with Gasteiger partial charge in [0.1, 0.15) is 28.9 Å². The Morgan fingerprint density at radius 2 is 2.09 bits per heavy atom. The number of hydrogen-bond acceptors (Lipinski definition) is 8. The van der Waals surface area contributed by atoms with Crippen molar-refractivity contribution in [2.24, 2.45) is 0 Å². The number of anilines is 1. The van der Waals surface area contributed by atoms with E-state index < -0.39 is 17.9 Å². The summed E-state index contributed by atoms with van der Waals surface area (Å²) in [6.07, 6.45) is 2.93. The van der Waals surface area contributed by atoms with E-state index >= 15 is 0 Å². The molecule has 8 nitrogen and oxygen atoms in total. The number of esters is 1. The number of rotatable bonds is 5. The molecule has 0 radical (unpaired) electrons. The molecule has 0 saturated heterocycles. The minimum Gasteiger partial charge on any atom is -0.467 e. The third kappa shape index (κ3) is 2.97. The summed E-state index contributed by atoms with van der Waals surface area (Å²) < 4.78 is 16.6. The number of benzene rings is 1. The zero-order chi connectivity index (χ0) is 22.4. The summed E-state index contributed by atoms with van der Waals surface area (Å²) in [6.45, 7) is 5.23. The van der Waals surface area contributed by atoms with Gasteiger partial charge in [-0.1, -0.05) is 36.1 Å². The number of aryl methyl sites for hydroxylation is 1. The largest absolute Gasteiger partial charge is 0.467 e. The Hall–Kier alpha value is -3.98. The molecule has 0 aliphatic carbocycles. The number of carbonyl (C=O) groups excluding carboxylic acids is 2. The van der Waals surface area contributed by atoms with Gasteiger partial charge in [-0.3, -0.25) is 14.5 Å². The highest BCUT2D eigenvalue weighted by molar-refractivity contribution is 7.17. The molecule has 32 heavy (non-hydrogen) atoms.